The van der Waals surface area contributed by atoms with E-state index in [-0.39, 0.29) is 36.1 Å². The van der Waals surface area contributed by atoms with Crippen LogP contribution in [0.25, 0.3) is 0 Å². The summed E-state index contributed by atoms with van der Waals surface area (Å²) in [6.07, 6.45) is 2.58. The van der Waals surface area contributed by atoms with E-state index < -0.39 is 35.2 Å². The third-order valence-electron chi connectivity index (χ3n) is 7.24. The number of methoxy groups -OCH3 is 1. The second kappa shape index (κ2) is 12.3. The molecule has 0 aliphatic heterocycles. The molecule has 0 N–H and O–H groups in total. The molecule has 2 aromatic heterocycles. The van der Waals surface area contributed by atoms with E-state index in [2.05, 4.69) is 22.1 Å². The third-order valence-corrected chi connectivity index (χ3v) is 7.24. The Balaban J connectivity index is 1.64. The Bertz CT molecular complexity index is 1310. The Morgan fingerprint density at radius 1 is 1.18 bits per heavy atom. The minimum atomic E-state index is -4.81. The molecule has 0 saturated heterocycles. The summed E-state index contributed by atoms with van der Waals surface area (Å²) in [5.41, 5.74) is -0.561. The predicted octanol–water partition coefficient (Wildman–Crippen LogP) is 6.17. The highest BCUT2D eigenvalue weighted by Gasteiger charge is 2.37. The molecule has 0 spiro atoms. The van der Waals surface area contributed by atoms with Crippen LogP contribution in [0.2, 0.25) is 0 Å². The maximum atomic E-state index is 15.7. The van der Waals surface area contributed by atoms with Crippen LogP contribution in [0.4, 0.5) is 23.2 Å². The number of carbonyl (C=O) groups is 1. The summed E-state index contributed by atoms with van der Waals surface area (Å²) in [6, 6.07) is 3.21. The Morgan fingerprint density at radius 2 is 1.85 bits per heavy atom. The standard InChI is InChI=1S/C28H33F4N5O3/c1-17-5-7-21(8-6-17)27(38)37(18(2)16-39-4)23-9-10-24(25(29)19(23)3)40-26-22(28(30,31)32)13-20(14-33-26)15-36-34-11-12-35-36/h9-14,17-18,21H,5-8,15-16H2,1-4H3/t17-,18-,21-/m0/s1. The molecule has 0 radical (unpaired) electrons. The molecule has 1 aromatic carbocycles. The number of aromatic nitrogens is 4. The molecule has 1 amide bonds. The molecule has 0 unspecified atom stereocenters. The van der Waals surface area contributed by atoms with Crippen LogP contribution in [0.15, 0.2) is 36.8 Å². The first-order valence-electron chi connectivity index (χ1n) is 13.2. The van der Waals surface area contributed by atoms with Crippen LogP contribution < -0.4 is 9.64 Å². The number of amides is 1. The number of ether oxygens (including phenoxy) is 2. The molecule has 12 heteroatoms. The number of pyridine rings is 1. The Morgan fingerprint density at radius 3 is 2.48 bits per heavy atom. The average molecular weight is 564 g/mol. The van der Waals surface area contributed by atoms with Crippen molar-refractivity contribution in [1.82, 2.24) is 20.0 Å². The summed E-state index contributed by atoms with van der Waals surface area (Å²) in [6.45, 7) is 5.64. The summed E-state index contributed by atoms with van der Waals surface area (Å²) in [5.74, 6) is -1.85. The lowest BCUT2D eigenvalue weighted by Crippen LogP contribution is -2.45. The van der Waals surface area contributed by atoms with Crippen molar-refractivity contribution in [3.63, 3.8) is 0 Å². The van der Waals surface area contributed by atoms with E-state index >= 15 is 4.39 Å². The molecule has 0 bridgehead atoms. The topological polar surface area (TPSA) is 82.4 Å². The van der Waals surface area contributed by atoms with Crippen molar-refractivity contribution in [2.75, 3.05) is 18.6 Å². The van der Waals surface area contributed by atoms with Crippen molar-refractivity contribution in [3.05, 3.63) is 59.3 Å². The fraction of sp³-hybridized carbons (Fsp3) is 0.500. The van der Waals surface area contributed by atoms with Gasteiger partial charge in [-0.2, -0.15) is 28.2 Å². The van der Waals surface area contributed by atoms with Gasteiger partial charge in [-0.1, -0.05) is 6.92 Å². The summed E-state index contributed by atoms with van der Waals surface area (Å²) >= 11 is 0. The van der Waals surface area contributed by atoms with E-state index in [1.807, 2.05) is 6.92 Å². The molecule has 1 fully saturated rings. The fourth-order valence-electron chi connectivity index (χ4n) is 5.04. The minimum Gasteiger partial charge on any atom is -0.435 e. The van der Waals surface area contributed by atoms with Crippen LogP contribution in [0.5, 0.6) is 11.6 Å². The molecule has 40 heavy (non-hydrogen) atoms. The first kappa shape index (κ1) is 29.4. The van der Waals surface area contributed by atoms with Gasteiger partial charge in [0.25, 0.3) is 0 Å². The number of nitrogens with zero attached hydrogens (tertiary/aromatic N) is 5. The first-order valence-corrected chi connectivity index (χ1v) is 13.2. The lowest BCUT2D eigenvalue weighted by atomic mass is 9.82. The monoisotopic (exact) mass is 563 g/mol. The van der Waals surface area contributed by atoms with Gasteiger partial charge >= 0.3 is 6.18 Å². The van der Waals surface area contributed by atoms with E-state index in [1.54, 1.807) is 4.90 Å². The van der Waals surface area contributed by atoms with E-state index in [4.69, 9.17) is 9.47 Å². The van der Waals surface area contributed by atoms with E-state index in [1.165, 1.54) is 49.6 Å². The highest BCUT2D eigenvalue weighted by Crippen LogP contribution is 2.40. The second-order valence-electron chi connectivity index (χ2n) is 10.3. The average Bonchev–Trinajstić information content (AvgIpc) is 3.42. The number of rotatable bonds is 9. The van der Waals surface area contributed by atoms with Gasteiger partial charge in [-0.05, 0) is 69.2 Å². The quantitative estimate of drug-likeness (QED) is 0.290. The molecule has 1 aliphatic carbocycles. The Hall–Kier alpha value is -3.54. The molecule has 216 valence electrons. The molecular formula is C28H33F4N5O3. The van der Waals surface area contributed by atoms with Gasteiger partial charge in [-0.15, -0.1) is 0 Å². The second-order valence-corrected chi connectivity index (χ2v) is 10.3. The van der Waals surface area contributed by atoms with Gasteiger partial charge in [-0.3, -0.25) is 4.79 Å². The van der Waals surface area contributed by atoms with Gasteiger partial charge in [-0.25, -0.2) is 9.37 Å². The van der Waals surface area contributed by atoms with Crippen LogP contribution in [-0.2, 0) is 22.3 Å². The largest absolute Gasteiger partial charge is 0.435 e. The zero-order valence-electron chi connectivity index (χ0n) is 22.9. The van der Waals surface area contributed by atoms with Crippen molar-refractivity contribution >= 4 is 11.6 Å². The number of hydrogen-bond acceptors (Lipinski definition) is 6. The molecule has 1 atom stereocenters. The molecule has 2 heterocycles. The highest BCUT2D eigenvalue weighted by molar-refractivity contribution is 5.96. The SMILES string of the molecule is COC[C@H](C)N(c1ccc(Oc2ncc(Cn3nccn3)cc2C(F)(F)F)c(F)c1C)C(=O)[C@H]1CC[C@H](C)CC1. The van der Waals surface area contributed by atoms with Gasteiger partial charge < -0.3 is 14.4 Å². The molecule has 4 rings (SSSR count). The van der Waals surface area contributed by atoms with Crippen molar-refractivity contribution in [1.29, 1.82) is 0 Å². The van der Waals surface area contributed by atoms with Crippen LogP contribution >= 0.6 is 0 Å². The van der Waals surface area contributed by atoms with E-state index in [9.17, 15) is 18.0 Å². The van der Waals surface area contributed by atoms with Crippen LogP contribution in [0.1, 0.15) is 56.2 Å². The number of hydrogen-bond donors (Lipinski definition) is 0. The fourth-order valence-corrected chi connectivity index (χ4v) is 5.04. The zero-order chi connectivity index (χ0) is 29.0. The molecular weight excluding hydrogens is 530 g/mol. The maximum Gasteiger partial charge on any atom is 0.421 e. The molecule has 1 aliphatic rings. The van der Waals surface area contributed by atoms with Crippen LogP contribution in [-0.4, -0.2) is 45.6 Å². The van der Waals surface area contributed by atoms with Crippen LogP contribution in [0, 0.1) is 24.6 Å². The maximum absolute atomic E-state index is 15.7. The normalized spacial score (nSPS) is 18.4. The van der Waals surface area contributed by atoms with Gasteiger partial charge in [0, 0.05) is 24.8 Å². The number of anilines is 1. The molecule has 1 saturated carbocycles. The number of carbonyl (C=O) groups excluding carboxylic acids is 1. The summed E-state index contributed by atoms with van der Waals surface area (Å²) in [4.78, 5) is 20.2. The highest BCUT2D eigenvalue weighted by atomic mass is 19.4. The Labute approximate surface area is 230 Å². The number of alkyl halides is 3. The lowest BCUT2D eigenvalue weighted by Gasteiger charge is -2.35. The number of halogens is 4. The van der Waals surface area contributed by atoms with Crippen molar-refractivity contribution in [3.8, 4) is 11.6 Å². The smallest absolute Gasteiger partial charge is 0.421 e. The minimum absolute atomic E-state index is 0.0328. The third kappa shape index (κ3) is 6.60. The van der Waals surface area contributed by atoms with E-state index in [0.717, 1.165) is 31.7 Å². The summed E-state index contributed by atoms with van der Waals surface area (Å²) in [7, 11) is 1.52. The first-order chi connectivity index (χ1) is 19.0. The zero-order valence-corrected chi connectivity index (χ0v) is 22.9. The molecule has 8 nitrogen and oxygen atoms in total. The lowest BCUT2D eigenvalue weighted by molar-refractivity contribution is -0.139. The van der Waals surface area contributed by atoms with E-state index in [0.29, 0.717) is 11.6 Å². The van der Waals surface area contributed by atoms with Gasteiger partial charge in [0.1, 0.15) is 5.56 Å². The van der Waals surface area contributed by atoms with Crippen molar-refractivity contribution < 1.29 is 31.8 Å². The van der Waals surface area contributed by atoms with Crippen molar-refractivity contribution in [2.45, 2.75) is 65.2 Å². The predicted molar refractivity (Wildman–Crippen MR) is 140 cm³/mol. The van der Waals surface area contributed by atoms with Gasteiger partial charge in [0.15, 0.2) is 11.6 Å². The number of benzene rings is 1. The summed E-state index contributed by atoms with van der Waals surface area (Å²) in [5, 5.41) is 7.77. The summed E-state index contributed by atoms with van der Waals surface area (Å²) < 4.78 is 68.0. The van der Waals surface area contributed by atoms with Crippen molar-refractivity contribution in [2.24, 2.45) is 11.8 Å². The van der Waals surface area contributed by atoms with Gasteiger partial charge in [0.2, 0.25) is 11.8 Å². The molecule has 3 aromatic rings. The van der Waals surface area contributed by atoms with Gasteiger partial charge in [0.05, 0.1) is 37.3 Å². The van der Waals surface area contributed by atoms with Crippen LogP contribution in [0.3, 0.4) is 0 Å². The Kier molecular flexibility index (Phi) is 9.07.